The van der Waals surface area contributed by atoms with E-state index in [-0.39, 0.29) is 30.1 Å². The van der Waals surface area contributed by atoms with Crippen molar-refractivity contribution >= 4 is 17.4 Å². The number of carbonyl (C=O) groups excluding carboxylic acids is 1. The van der Waals surface area contributed by atoms with Crippen LogP contribution in [-0.4, -0.2) is 67.7 Å². The summed E-state index contributed by atoms with van der Waals surface area (Å²) >= 11 is 0. The lowest BCUT2D eigenvalue weighted by atomic mass is 10.0. The van der Waals surface area contributed by atoms with Gasteiger partial charge in [-0.1, -0.05) is 0 Å². The van der Waals surface area contributed by atoms with Gasteiger partial charge in [0.25, 0.3) is 5.91 Å². The minimum absolute atomic E-state index is 0.0456. The van der Waals surface area contributed by atoms with Crippen LogP contribution in [0.15, 0.2) is 23.5 Å². The lowest BCUT2D eigenvalue weighted by Gasteiger charge is -2.26. The van der Waals surface area contributed by atoms with E-state index < -0.39 is 65.9 Å². The molecule has 0 spiro atoms. The Balaban J connectivity index is 1.47. The number of halogens is 4. The molecule has 2 aromatic rings. The summed E-state index contributed by atoms with van der Waals surface area (Å²) in [6, 6.07) is -0.611. The summed E-state index contributed by atoms with van der Waals surface area (Å²) in [5, 5.41) is 23.0. The van der Waals surface area contributed by atoms with Crippen molar-refractivity contribution in [2.75, 3.05) is 11.9 Å². The van der Waals surface area contributed by atoms with E-state index in [1.807, 2.05) is 0 Å². The molecule has 5 rings (SSSR count). The number of hydrogen-bond acceptors (Lipinski definition) is 7. The van der Waals surface area contributed by atoms with E-state index in [0.717, 1.165) is 11.0 Å². The standard InChI is InChI=1S/C22H21F4N5O3/c23-9-3-11(18(26)12(25)4-9)15-5-10(24)7-31(15)22(34)19-17-14(6-27-19)28-8-29-21(17)30-13-1-2-16(32)20(13)33/h3-4,8,10,13,15-16,20,32-33H,1-2,5-7H2,(H,28,29,30)/t10-,13+,15+,16+,20-/m0/s1. The quantitative estimate of drug-likeness (QED) is 0.456. The molecule has 0 unspecified atom stereocenters. The third-order valence-corrected chi connectivity index (χ3v) is 6.55. The number of rotatable bonds is 4. The van der Waals surface area contributed by atoms with Crippen molar-refractivity contribution < 1.29 is 32.6 Å². The summed E-state index contributed by atoms with van der Waals surface area (Å²) in [4.78, 5) is 27.0. The second kappa shape index (κ2) is 8.58. The predicted octanol–water partition coefficient (Wildman–Crippen LogP) is 1.80. The highest BCUT2D eigenvalue weighted by Crippen LogP contribution is 2.38. The lowest BCUT2D eigenvalue weighted by molar-refractivity contribution is -0.125. The average molecular weight is 479 g/mol. The first-order chi connectivity index (χ1) is 16.2. The molecule has 34 heavy (non-hydrogen) atoms. The molecule has 1 aromatic heterocycles. The molecule has 1 saturated carbocycles. The van der Waals surface area contributed by atoms with Crippen molar-refractivity contribution in [2.24, 2.45) is 4.99 Å². The Bertz CT molecular complexity index is 1180. The maximum Gasteiger partial charge on any atom is 0.273 e. The number of likely N-dealkylation sites (tertiary alicyclic amines) is 1. The fourth-order valence-corrected chi connectivity index (χ4v) is 4.86. The first kappa shape index (κ1) is 22.7. The highest BCUT2D eigenvalue weighted by Gasteiger charge is 2.42. The van der Waals surface area contributed by atoms with Gasteiger partial charge in [-0.3, -0.25) is 9.79 Å². The number of fused-ring (bicyclic) bond motifs is 1. The maximum absolute atomic E-state index is 14.5. The Hall–Kier alpha value is -3.12. The van der Waals surface area contributed by atoms with E-state index >= 15 is 0 Å². The predicted molar refractivity (Wildman–Crippen MR) is 111 cm³/mol. The van der Waals surface area contributed by atoms with Crippen LogP contribution in [0.25, 0.3) is 0 Å². The summed E-state index contributed by atoms with van der Waals surface area (Å²) in [5.74, 6) is -4.34. The Morgan fingerprint density at radius 3 is 2.68 bits per heavy atom. The van der Waals surface area contributed by atoms with E-state index in [9.17, 15) is 32.6 Å². The van der Waals surface area contributed by atoms with Crippen LogP contribution in [0.5, 0.6) is 0 Å². The van der Waals surface area contributed by atoms with Gasteiger partial charge in [-0.2, -0.15) is 0 Å². The number of aliphatic imine (C=N–C) groups is 1. The molecule has 3 aliphatic rings. The van der Waals surface area contributed by atoms with Gasteiger partial charge in [0, 0.05) is 18.1 Å². The number of carbonyl (C=O) groups is 1. The van der Waals surface area contributed by atoms with Gasteiger partial charge in [0.1, 0.15) is 29.8 Å². The van der Waals surface area contributed by atoms with Gasteiger partial charge in [0.15, 0.2) is 11.6 Å². The van der Waals surface area contributed by atoms with E-state index in [2.05, 4.69) is 20.3 Å². The van der Waals surface area contributed by atoms with Crippen LogP contribution in [0.2, 0.25) is 0 Å². The molecule has 2 fully saturated rings. The first-order valence-corrected chi connectivity index (χ1v) is 10.9. The minimum atomic E-state index is -1.53. The van der Waals surface area contributed by atoms with Crippen LogP contribution in [-0.2, 0) is 11.3 Å². The molecule has 5 atom stereocenters. The third-order valence-electron chi connectivity index (χ3n) is 6.55. The number of aliphatic hydroxyl groups is 2. The van der Waals surface area contributed by atoms with E-state index in [1.54, 1.807) is 0 Å². The average Bonchev–Trinajstić information content (AvgIpc) is 3.49. The molecular formula is C22H21F4N5O3. The number of benzene rings is 1. The number of hydrogen-bond donors (Lipinski definition) is 3. The van der Waals surface area contributed by atoms with Gasteiger partial charge in [-0.05, 0) is 18.9 Å². The molecule has 3 heterocycles. The fraction of sp³-hybridized carbons (Fsp3) is 0.455. The second-order valence-electron chi connectivity index (χ2n) is 8.69. The normalized spacial score (nSPS) is 28.2. The molecule has 180 valence electrons. The van der Waals surface area contributed by atoms with Crippen LogP contribution in [0.4, 0.5) is 23.4 Å². The zero-order valence-electron chi connectivity index (χ0n) is 17.8. The van der Waals surface area contributed by atoms with Gasteiger partial charge in [0.2, 0.25) is 0 Å². The molecule has 1 aromatic carbocycles. The zero-order valence-corrected chi connectivity index (χ0v) is 17.8. The van der Waals surface area contributed by atoms with Crippen molar-refractivity contribution in [2.45, 2.75) is 56.3 Å². The Morgan fingerprint density at radius 2 is 1.94 bits per heavy atom. The van der Waals surface area contributed by atoms with Crippen molar-refractivity contribution in [3.63, 3.8) is 0 Å². The van der Waals surface area contributed by atoms with E-state index in [1.165, 1.54) is 6.33 Å². The van der Waals surface area contributed by atoms with E-state index in [0.29, 0.717) is 24.6 Å². The summed E-state index contributed by atoms with van der Waals surface area (Å²) in [5.41, 5.74) is 0.135. The number of aromatic nitrogens is 2. The van der Waals surface area contributed by atoms with Gasteiger partial charge < -0.3 is 20.4 Å². The van der Waals surface area contributed by atoms with Crippen LogP contribution in [0, 0.1) is 17.5 Å². The van der Waals surface area contributed by atoms with Crippen molar-refractivity contribution in [1.29, 1.82) is 0 Å². The van der Waals surface area contributed by atoms with Crippen LogP contribution < -0.4 is 5.32 Å². The van der Waals surface area contributed by atoms with Gasteiger partial charge >= 0.3 is 0 Å². The molecule has 0 bridgehead atoms. The van der Waals surface area contributed by atoms with Crippen molar-refractivity contribution in [3.8, 4) is 0 Å². The molecule has 8 nitrogen and oxygen atoms in total. The summed E-state index contributed by atoms with van der Waals surface area (Å²) in [6.45, 7) is -0.358. The maximum atomic E-state index is 14.5. The number of alkyl halides is 1. The van der Waals surface area contributed by atoms with Crippen LogP contribution in [0.1, 0.15) is 42.1 Å². The molecule has 2 aliphatic heterocycles. The molecule has 1 amide bonds. The van der Waals surface area contributed by atoms with Crippen molar-refractivity contribution in [3.05, 3.63) is 52.7 Å². The SMILES string of the molecule is O=C(C1=NCc2ncnc(N[C@@H]3CC[C@@H](O)[C@H]3O)c21)N1C[C@@H](F)C[C@@H]1c1cc(F)cc(F)c1F. The topological polar surface area (TPSA) is 111 Å². The highest BCUT2D eigenvalue weighted by atomic mass is 19.2. The number of nitrogens with zero attached hydrogens (tertiary/aromatic N) is 4. The van der Waals surface area contributed by atoms with Crippen LogP contribution >= 0.6 is 0 Å². The molecule has 0 radical (unpaired) electrons. The summed E-state index contributed by atoms with van der Waals surface area (Å²) < 4.78 is 56.5. The summed E-state index contributed by atoms with van der Waals surface area (Å²) in [6.07, 6.45) is -1.67. The molecule has 1 saturated heterocycles. The molecular weight excluding hydrogens is 458 g/mol. The lowest BCUT2D eigenvalue weighted by Crippen LogP contribution is -2.38. The number of amides is 1. The zero-order chi connectivity index (χ0) is 24.1. The Kier molecular flexibility index (Phi) is 5.72. The number of anilines is 1. The Morgan fingerprint density at radius 1 is 1.15 bits per heavy atom. The fourth-order valence-electron chi connectivity index (χ4n) is 4.86. The first-order valence-electron chi connectivity index (χ1n) is 10.9. The smallest absolute Gasteiger partial charge is 0.273 e. The van der Waals surface area contributed by atoms with Gasteiger partial charge in [0.05, 0.1) is 48.6 Å². The number of nitrogens with one attached hydrogen (secondary N) is 1. The van der Waals surface area contributed by atoms with Crippen molar-refractivity contribution in [1.82, 2.24) is 14.9 Å². The third kappa shape index (κ3) is 3.80. The van der Waals surface area contributed by atoms with Gasteiger partial charge in [-0.25, -0.2) is 27.5 Å². The minimum Gasteiger partial charge on any atom is -0.390 e. The number of aliphatic hydroxyl groups excluding tert-OH is 2. The second-order valence-corrected chi connectivity index (χ2v) is 8.69. The largest absolute Gasteiger partial charge is 0.390 e. The monoisotopic (exact) mass is 479 g/mol. The molecule has 12 heteroatoms. The van der Waals surface area contributed by atoms with Crippen LogP contribution in [0.3, 0.4) is 0 Å². The molecule has 1 aliphatic carbocycles. The van der Waals surface area contributed by atoms with Gasteiger partial charge in [-0.15, -0.1) is 0 Å². The Labute approximate surface area is 191 Å². The van der Waals surface area contributed by atoms with E-state index in [4.69, 9.17) is 0 Å². The summed E-state index contributed by atoms with van der Waals surface area (Å²) in [7, 11) is 0. The highest BCUT2D eigenvalue weighted by molar-refractivity contribution is 6.47. The molecule has 3 N–H and O–H groups in total.